The Kier molecular flexibility index (Phi) is 4.72. The first-order chi connectivity index (χ1) is 11.7. The summed E-state index contributed by atoms with van der Waals surface area (Å²) in [6.45, 7) is 2.14. The van der Waals surface area contributed by atoms with Crippen LogP contribution in [0.5, 0.6) is 0 Å². The van der Waals surface area contributed by atoms with E-state index in [0.717, 1.165) is 11.1 Å². The van der Waals surface area contributed by atoms with E-state index in [1.54, 1.807) is 16.9 Å². The van der Waals surface area contributed by atoms with Crippen molar-refractivity contribution in [1.29, 1.82) is 0 Å². The lowest BCUT2D eigenvalue weighted by Crippen LogP contribution is -2.30. The summed E-state index contributed by atoms with van der Waals surface area (Å²) in [6, 6.07) is 10.3. The normalized spacial score (nSPS) is 12.1. The second kappa shape index (κ2) is 7.10. The first kappa shape index (κ1) is 15.9. The van der Waals surface area contributed by atoms with Crippen molar-refractivity contribution >= 4 is 5.91 Å². The maximum atomic E-state index is 12.3. The van der Waals surface area contributed by atoms with Crippen LogP contribution in [0.15, 0.2) is 53.3 Å². The van der Waals surface area contributed by atoms with Crippen LogP contribution in [0.4, 0.5) is 0 Å². The maximum Gasteiger partial charge on any atom is 0.274 e. The largest absolute Gasteiger partial charge is 0.394 e. The SMILES string of the molecule is Cc1cnn(Cc2cc(C(=O)N[C@@H](CO)c3ccccc3)no2)c1. The van der Waals surface area contributed by atoms with Gasteiger partial charge in [-0.15, -0.1) is 0 Å². The first-order valence-corrected chi connectivity index (χ1v) is 7.57. The highest BCUT2D eigenvalue weighted by atomic mass is 16.5. The number of nitrogens with one attached hydrogen (secondary N) is 1. The van der Waals surface area contributed by atoms with Gasteiger partial charge in [-0.1, -0.05) is 35.5 Å². The van der Waals surface area contributed by atoms with E-state index >= 15 is 0 Å². The van der Waals surface area contributed by atoms with Gasteiger partial charge in [-0.2, -0.15) is 5.10 Å². The van der Waals surface area contributed by atoms with Crippen LogP contribution >= 0.6 is 0 Å². The molecular weight excluding hydrogens is 308 g/mol. The Hall–Kier alpha value is -2.93. The van der Waals surface area contributed by atoms with Gasteiger partial charge in [0.15, 0.2) is 11.5 Å². The van der Waals surface area contributed by atoms with E-state index in [-0.39, 0.29) is 12.3 Å². The van der Waals surface area contributed by atoms with Crippen molar-refractivity contribution in [2.75, 3.05) is 6.61 Å². The Morgan fingerprint density at radius 2 is 2.17 bits per heavy atom. The number of carbonyl (C=O) groups excluding carboxylic acids is 1. The molecule has 3 rings (SSSR count). The van der Waals surface area contributed by atoms with Gasteiger partial charge in [0.25, 0.3) is 5.91 Å². The lowest BCUT2D eigenvalue weighted by atomic mass is 10.1. The number of nitrogens with zero attached hydrogens (tertiary/aromatic N) is 3. The predicted molar refractivity (Wildman–Crippen MR) is 86.3 cm³/mol. The quantitative estimate of drug-likeness (QED) is 0.719. The number of hydrogen-bond acceptors (Lipinski definition) is 5. The van der Waals surface area contributed by atoms with Crippen LogP contribution in [0.1, 0.15) is 33.4 Å². The summed E-state index contributed by atoms with van der Waals surface area (Å²) in [6.07, 6.45) is 3.62. The molecule has 0 fully saturated rings. The van der Waals surface area contributed by atoms with Crippen molar-refractivity contribution in [2.45, 2.75) is 19.5 Å². The predicted octanol–water partition coefficient (Wildman–Crippen LogP) is 1.69. The van der Waals surface area contributed by atoms with E-state index < -0.39 is 11.9 Å². The number of aromatic nitrogens is 3. The molecule has 0 saturated heterocycles. The highest BCUT2D eigenvalue weighted by Gasteiger charge is 2.18. The fourth-order valence-corrected chi connectivity index (χ4v) is 2.36. The van der Waals surface area contributed by atoms with Crippen LogP contribution in [-0.4, -0.2) is 32.6 Å². The molecule has 2 heterocycles. The lowest BCUT2D eigenvalue weighted by Gasteiger charge is -2.15. The van der Waals surface area contributed by atoms with Crippen LogP contribution in [0, 0.1) is 6.92 Å². The molecule has 124 valence electrons. The molecule has 7 heteroatoms. The van der Waals surface area contributed by atoms with Crippen LogP contribution in [-0.2, 0) is 6.54 Å². The Morgan fingerprint density at radius 1 is 1.38 bits per heavy atom. The second-order valence-corrected chi connectivity index (χ2v) is 5.51. The number of aryl methyl sites for hydroxylation is 1. The van der Waals surface area contributed by atoms with Crippen molar-refractivity contribution in [3.8, 4) is 0 Å². The van der Waals surface area contributed by atoms with Gasteiger partial charge in [-0.05, 0) is 18.1 Å². The number of aliphatic hydroxyl groups excluding tert-OH is 1. The minimum Gasteiger partial charge on any atom is -0.394 e. The van der Waals surface area contributed by atoms with Gasteiger partial charge in [0, 0.05) is 12.3 Å². The number of aliphatic hydroxyl groups is 1. The van der Waals surface area contributed by atoms with Gasteiger partial charge < -0.3 is 14.9 Å². The second-order valence-electron chi connectivity index (χ2n) is 5.51. The lowest BCUT2D eigenvalue weighted by molar-refractivity contribution is 0.0907. The monoisotopic (exact) mass is 326 g/mol. The average Bonchev–Trinajstić information content (AvgIpc) is 3.23. The fraction of sp³-hybridized carbons (Fsp3) is 0.235. The molecule has 1 amide bonds. The van der Waals surface area contributed by atoms with Crippen molar-refractivity contribution in [3.05, 3.63) is 71.4 Å². The molecule has 0 spiro atoms. The van der Waals surface area contributed by atoms with E-state index in [2.05, 4.69) is 15.6 Å². The zero-order valence-corrected chi connectivity index (χ0v) is 13.2. The summed E-state index contributed by atoms with van der Waals surface area (Å²) in [4.78, 5) is 12.3. The molecule has 0 aliphatic heterocycles. The third-order valence-corrected chi connectivity index (χ3v) is 3.56. The molecule has 0 saturated carbocycles. The van der Waals surface area contributed by atoms with Gasteiger partial charge in [-0.3, -0.25) is 9.48 Å². The van der Waals surface area contributed by atoms with Gasteiger partial charge in [-0.25, -0.2) is 0 Å². The minimum atomic E-state index is -0.493. The van der Waals surface area contributed by atoms with E-state index in [1.807, 2.05) is 43.5 Å². The summed E-state index contributed by atoms with van der Waals surface area (Å²) < 4.78 is 6.89. The summed E-state index contributed by atoms with van der Waals surface area (Å²) in [5.74, 6) is 0.132. The summed E-state index contributed by atoms with van der Waals surface area (Å²) in [7, 11) is 0. The van der Waals surface area contributed by atoms with Crippen molar-refractivity contribution < 1.29 is 14.4 Å². The standard InChI is InChI=1S/C17H18N4O3/c1-12-8-18-21(9-12)10-14-7-15(20-24-14)17(23)19-16(11-22)13-5-3-2-4-6-13/h2-9,16,22H,10-11H2,1H3,(H,19,23)/t16-/m0/s1. The summed E-state index contributed by atoms with van der Waals surface area (Å²) >= 11 is 0. The molecule has 0 aliphatic carbocycles. The van der Waals surface area contributed by atoms with Gasteiger partial charge >= 0.3 is 0 Å². The zero-order valence-electron chi connectivity index (χ0n) is 13.2. The molecule has 3 aromatic rings. The van der Waals surface area contributed by atoms with Crippen LogP contribution < -0.4 is 5.32 Å². The molecule has 2 aromatic heterocycles. The summed E-state index contributed by atoms with van der Waals surface area (Å²) in [5.41, 5.74) is 2.04. The topological polar surface area (TPSA) is 93.2 Å². The third kappa shape index (κ3) is 3.69. The van der Waals surface area contributed by atoms with E-state index in [9.17, 15) is 9.90 Å². The highest BCUT2D eigenvalue weighted by molar-refractivity contribution is 5.92. The Balaban J connectivity index is 1.67. The van der Waals surface area contributed by atoms with E-state index in [0.29, 0.717) is 12.3 Å². The highest BCUT2D eigenvalue weighted by Crippen LogP contribution is 2.13. The van der Waals surface area contributed by atoms with E-state index in [1.165, 1.54) is 0 Å². The van der Waals surface area contributed by atoms with Gasteiger partial charge in [0.2, 0.25) is 0 Å². The number of hydrogen-bond donors (Lipinski definition) is 2. The number of carbonyl (C=O) groups is 1. The van der Waals surface area contributed by atoms with Crippen molar-refractivity contribution in [1.82, 2.24) is 20.3 Å². The molecular formula is C17H18N4O3. The fourth-order valence-electron chi connectivity index (χ4n) is 2.36. The Morgan fingerprint density at radius 3 is 2.83 bits per heavy atom. The molecule has 0 bridgehead atoms. The van der Waals surface area contributed by atoms with E-state index in [4.69, 9.17) is 4.52 Å². The van der Waals surface area contributed by atoms with Crippen molar-refractivity contribution in [3.63, 3.8) is 0 Å². The molecule has 7 nitrogen and oxygen atoms in total. The Labute approximate surface area is 138 Å². The third-order valence-electron chi connectivity index (χ3n) is 3.56. The van der Waals surface area contributed by atoms with Gasteiger partial charge in [0.05, 0.1) is 18.8 Å². The number of rotatable bonds is 6. The first-order valence-electron chi connectivity index (χ1n) is 7.57. The number of benzene rings is 1. The zero-order chi connectivity index (χ0) is 16.9. The molecule has 24 heavy (non-hydrogen) atoms. The molecule has 0 unspecified atom stereocenters. The molecule has 0 aliphatic rings. The van der Waals surface area contributed by atoms with Crippen molar-refractivity contribution in [2.24, 2.45) is 0 Å². The number of amides is 1. The molecule has 1 aromatic carbocycles. The molecule has 1 atom stereocenters. The maximum absolute atomic E-state index is 12.3. The summed E-state index contributed by atoms with van der Waals surface area (Å²) in [5, 5.41) is 20.2. The smallest absolute Gasteiger partial charge is 0.274 e. The molecule has 0 radical (unpaired) electrons. The van der Waals surface area contributed by atoms with Gasteiger partial charge in [0.1, 0.15) is 6.54 Å². The van der Waals surface area contributed by atoms with Crippen LogP contribution in [0.2, 0.25) is 0 Å². The van der Waals surface area contributed by atoms with Crippen LogP contribution in [0.25, 0.3) is 0 Å². The average molecular weight is 326 g/mol. The minimum absolute atomic E-state index is 0.170. The van der Waals surface area contributed by atoms with Crippen LogP contribution in [0.3, 0.4) is 0 Å². The Bertz CT molecular complexity index is 810. The molecule has 2 N–H and O–H groups in total.